The number of hydrogen-bond donors (Lipinski definition) is 1. The first kappa shape index (κ1) is 14.4. The van der Waals surface area contributed by atoms with Crippen molar-refractivity contribution in [2.75, 3.05) is 0 Å². The molecule has 1 aromatic heterocycles. The van der Waals surface area contributed by atoms with Crippen LogP contribution in [-0.4, -0.2) is 5.11 Å². The molecule has 0 aliphatic heterocycles. The highest BCUT2D eigenvalue weighted by molar-refractivity contribution is 7.16. The van der Waals surface area contributed by atoms with Crippen molar-refractivity contribution in [2.24, 2.45) is 0 Å². The fourth-order valence-corrected chi connectivity index (χ4v) is 2.87. The van der Waals surface area contributed by atoms with E-state index in [0.29, 0.717) is 14.8 Å². The molecule has 0 saturated heterocycles. The summed E-state index contributed by atoms with van der Waals surface area (Å²) in [5.41, 5.74) is 0.516. The van der Waals surface area contributed by atoms with E-state index in [1.54, 1.807) is 6.07 Å². The Kier molecular flexibility index (Phi) is 3.90. The zero-order valence-electron chi connectivity index (χ0n) is 9.83. The lowest BCUT2D eigenvalue weighted by Gasteiger charge is -2.11. The van der Waals surface area contributed by atoms with Crippen LogP contribution >= 0.6 is 22.9 Å². The fraction of sp³-hybridized carbons (Fsp3) is 0.231. The van der Waals surface area contributed by atoms with Gasteiger partial charge in [-0.3, -0.25) is 0 Å². The Morgan fingerprint density at radius 1 is 1.21 bits per heavy atom. The number of thiophene rings is 1. The van der Waals surface area contributed by atoms with Gasteiger partial charge in [0.1, 0.15) is 6.10 Å². The van der Waals surface area contributed by atoms with Crippen molar-refractivity contribution in [3.8, 4) is 0 Å². The third-order valence-electron chi connectivity index (χ3n) is 2.70. The Morgan fingerprint density at radius 2 is 1.79 bits per heavy atom. The number of aliphatic hydroxyl groups is 1. The first-order chi connectivity index (χ1) is 8.79. The van der Waals surface area contributed by atoms with Crippen LogP contribution in [0.4, 0.5) is 13.2 Å². The van der Waals surface area contributed by atoms with Gasteiger partial charge in [-0.15, -0.1) is 11.3 Å². The summed E-state index contributed by atoms with van der Waals surface area (Å²) in [5.74, 6) is 0. The number of benzene rings is 1. The minimum Gasteiger partial charge on any atom is -0.383 e. The van der Waals surface area contributed by atoms with Crippen LogP contribution in [0, 0.1) is 6.92 Å². The first-order valence-electron chi connectivity index (χ1n) is 5.40. The number of hydrogen-bond acceptors (Lipinski definition) is 2. The quantitative estimate of drug-likeness (QED) is 0.844. The topological polar surface area (TPSA) is 20.2 Å². The van der Waals surface area contributed by atoms with E-state index < -0.39 is 17.8 Å². The van der Waals surface area contributed by atoms with Gasteiger partial charge in [-0.25, -0.2) is 0 Å². The molecule has 0 amide bonds. The van der Waals surface area contributed by atoms with Gasteiger partial charge in [-0.2, -0.15) is 13.2 Å². The average Bonchev–Trinajstić information content (AvgIpc) is 2.68. The predicted octanol–water partition coefficient (Wildman–Crippen LogP) is 4.81. The normalized spacial score (nSPS) is 13.6. The molecule has 1 aromatic carbocycles. The van der Waals surface area contributed by atoms with Crippen LogP contribution in [0.1, 0.15) is 27.7 Å². The second kappa shape index (κ2) is 5.15. The fourth-order valence-electron chi connectivity index (χ4n) is 1.64. The second-order valence-corrected chi connectivity index (χ2v) is 5.81. The molecular formula is C13H10ClF3OS. The van der Waals surface area contributed by atoms with Crippen molar-refractivity contribution in [3.05, 3.63) is 56.2 Å². The molecule has 1 nitrogen and oxygen atoms in total. The zero-order valence-corrected chi connectivity index (χ0v) is 11.4. The molecule has 19 heavy (non-hydrogen) atoms. The molecule has 102 valence electrons. The van der Waals surface area contributed by atoms with Crippen molar-refractivity contribution in [3.63, 3.8) is 0 Å². The SMILES string of the molecule is Cc1cc(C(O)c2ccc(C(F)(F)F)cc2)sc1Cl. The van der Waals surface area contributed by atoms with E-state index in [-0.39, 0.29) is 0 Å². The molecule has 0 aliphatic rings. The Labute approximate surface area is 117 Å². The number of alkyl halides is 3. The van der Waals surface area contributed by atoms with Gasteiger partial charge in [-0.1, -0.05) is 23.7 Å². The summed E-state index contributed by atoms with van der Waals surface area (Å²) in [7, 11) is 0. The lowest BCUT2D eigenvalue weighted by molar-refractivity contribution is -0.137. The second-order valence-electron chi connectivity index (χ2n) is 4.13. The van der Waals surface area contributed by atoms with Gasteiger partial charge >= 0.3 is 6.18 Å². The molecule has 2 rings (SSSR count). The van der Waals surface area contributed by atoms with Crippen molar-refractivity contribution >= 4 is 22.9 Å². The van der Waals surface area contributed by atoms with Crippen LogP contribution < -0.4 is 0 Å². The number of aliphatic hydroxyl groups excluding tert-OH is 1. The minimum absolute atomic E-state index is 0.408. The third-order valence-corrected chi connectivity index (χ3v) is 4.31. The first-order valence-corrected chi connectivity index (χ1v) is 6.59. The van der Waals surface area contributed by atoms with Gasteiger partial charge in [0.05, 0.1) is 9.90 Å². The van der Waals surface area contributed by atoms with Crippen LogP contribution in [0.25, 0.3) is 0 Å². The van der Waals surface area contributed by atoms with E-state index in [0.717, 1.165) is 17.7 Å². The molecule has 0 bridgehead atoms. The molecule has 1 N–H and O–H groups in total. The summed E-state index contributed by atoms with van der Waals surface area (Å²) in [5, 5.41) is 10.1. The van der Waals surface area contributed by atoms with Gasteiger partial charge < -0.3 is 5.11 Å². The van der Waals surface area contributed by atoms with Gasteiger partial charge in [-0.05, 0) is 36.2 Å². The maximum absolute atomic E-state index is 12.4. The molecule has 1 unspecified atom stereocenters. The Balaban J connectivity index is 2.27. The summed E-state index contributed by atoms with van der Waals surface area (Å²) in [6.45, 7) is 1.81. The van der Waals surface area contributed by atoms with Gasteiger partial charge in [0.25, 0.3) is 0 Å². The number of halogens is 4. The Hall–Kier alpha value is -1.04. The van der Waals surface area contributed by atoms with E-state index in [2.05, 4.69) is 0 Å². The van der Waals surface area contributed by atoms with Crippen molar-refractivity contribution in [1.82, 2.24) is 0 Å². The molecule has 1 heterocycles. The molecule has 1 atom stereocenters. The number of rotatable bonds is 2. The van der Waals surface area contributed by atoms with E-state index in [4.69, 9.17) is 11.6 Å². The predicted molar refractivity (Wildman–Crippen MR) is 69.6 cm³/mol. The smallest absolute Gasteiger partial charge is 0.383 e. The standard InChI is InChI=1S/C13H10ClF3OS/c1-7-6-10(19-12(7)14)11(18)8-2-4-9(5-3-8)13(15,16)17/h2-6,11,18H,1H3. The van der Waals surface area contributed by atoms with E-state index in [1.165, 1.54) is 23.5 Å². The largest absolute Gasteiger partial charge is 0.416 e. The van der Waals surface area contributed by atoms with E-state index >= 15 is 0 Å². The summed E-state index contributed by atoms with van der Waals surface area (Å²) in [4.78, 5) is 0.613. The summed E-state index contributed by atoms with van der Waals surface area (Å²) >= 11 is 7.12. The van der Waals surface area contributed by atoms with Crippen molar-refractivity contribution < 1.29 is 18.3 Å². The molecule has 0 radical (unpaired) electrons. The zero-order chi connectivity index (χ0) is 14.2. The lowest BCUT2D eigenvalue weighted by Crippen LogP contribution is -2.05. The Bertz CT molecular complexity index is 555. The van der Waals surface area contributed by atoms with E-state index in [9.17, 15) is 18.3 Å². The minimum atomic E-state index is -4.37. The molecule has 6 heteroatoms. The van der Waals surface area contributed by atoms with Gasteiger partial charge in [0.15, 0.2) is 0 Å². The molecule has 2 aromatic rings. The summed E-state index contributed by atoms with van der Waals surface area (Å²) < 4.78 is 37.8. The van der Waals surface area contributed by atoms with Crippen molar-refractivity contribution in [1.29, 1.82) is 0 Å². The molecular weight excluding hydrogens is 297 g/mol. The average molecular weight is 307 g/mol. The monoisotopic (exact) mass is 306 g/mol. The maximum Gasteiger partial charge on any atom is 0.416 e. The molecule has 0 aliphatic carbocycles. The molecule has 0 saturated carbocycles. The van der Waals surface area contributed by atoms with Gasteiger partial charge in [0.2, 0.25) is 0 Å². The lowest BCUT2D eigenvalue weighted by atomic mass is 10.1. The highest BCUT2D eigenvalue weighted by Gasteiger charge is 2.30. The van der Waals surface area contributed by atoms with Crippen LogP contribution in [0.2, 0.25) is 4.34 Å². The molecule has 0 fully saturated rings. The summed E-state index contributed by atoms with van der Waals surface area (Å²) in [6.07, 6.45) is -5.33. The van der Waals surface area contributed by atoms with Crippen LogP contribution in [0.5, 0.6) is 0 Å². The van der Waals surface area contributed by atoms with Gasteiger partial charge in [0, 0.05) is 4.88 Å². The molecule has 0 spiro atoms. The van der Waals surface area contributed by atoms with Crippen molar-refractivity contribution in [2.45, 2.75) is 19.2 Å². The highest BCUT2D eigenvalue weighted by Crippen LogP contribution is 2.35. The van der Waals surface area contributed by atoms with Crippen LogP contribution in [0.15, 0.2) is 30.3 Å². The highest BCUT2D eigenvalue weighted by atomic mass is 35.5. The Morgan fingerprint density at radius 3 is 2.21 bits per heavy atom. The van der Waals surface area contributed by atoms with E-state index in [1.807, 2.05) is 6.92 Å². The summed E-state index contributed by atoms with van der Waals surface area (Å²) in [6, 6.07) is 6.20. The maximum atomic E-state index is 12.4. The van der Waals surface area contributed by atoms with Crippen LogP contribution in [-0.2, 0) is 6.18 Å². The van der Waals surface area contributed by atoms with Crippen LogP contribution in [0.3, 0.4) is 0 Å². The third kappa shape index (κ3) is 3.11. The number of aryl methyl sites for hydroxylation is 1.